The minimum absolute atomic E-state index is 0. The molecule has 184 valence electrons. The summed E-state index contributed by atoms with van der Waals surface area (Å²) >= 11 is 0. The summed E-state index contributed by atoms with van der Waals surface area (Å²) in [6.45, 7) is 0. The Labute approximate surface area is 226 Å². The number of benzene rings is 2. The van der Waals surface area contributed by atoms with Crippen LogP contribution in [-0.4, -0.2) is 36.9 Å². The molecular formula is C25H19N11Pt. The Kier molecular flexibility index (Phi) is 5.49. The second-order valence-corrected chi connectivity index (χ2v) is 8.41. The van der Waals surface area contributed by atoms with Crippen molar-refractivity contribution >= 4 is 46.5 Å². The Bertz CT molecular complexity index is 1490. The number of aliphatic imine (C=N–C) groups is 2. The predicted octanol–water partition coefficient (Wildman–Crippen LogP) is 4.59. The van der Waals surface area contributed by atoms with Crippen LogP contribution in [0.1, 0.15) is 11.6 Å². The maximum atomic E-state index is 4.81. The maximum absolute atomic E-state index is 4.81. The standard InChI is InChI=1S/C25H19N11.Pt/c1-33-14-19-27-22(33)18-13-35(16-9-5-3-6-10-16)24(26-18)29-20-15-34(2)23(28-20)21-31-25(30-19)36(32-21)17-11-7-4-8-12-17;/h3-15H,1-2H3;/q-2;+2. The van der Waals surface area contributed by atoms with Crippen molar-refractivity contribution in [2.45, 2.75) is 0 Å². The van der Waals surface area contributed by atoms with Crippen molar-refractivity contribution in [1.29, 1.82) is 0 Å². The van der Waals surface area contributed by atoms with Gasteiger partial charge >= 0.3 is 21.1 Å². The van der Waals surface area contributed by atoms with Gasteiger partial charge in [0.05, 0.1) is 11.8 Å². The van der Waals surface area contributed by atoms with E-state index in [0.717, 1.165) is 11.4 Å². The third kappa shape index (κ3) is 3.93. The van der Waals surface area contributed by atoms with Crippen LogP contribution in [0, 0.1) is 0 Å². The molecule has 37 heavy (non-hydrogen) atoms. The molecular weight excluding hydrogens is 649 g/mol. The molecule has 0 amide bonds. The number of rotatable bonds is 2. The number of anilines is 2. The van der Waals surface area contributed by atoms with Gasteiger partial charge in [-0.25, -0.2) is 9.97 Å². The normalized spacial score (nSPS) is 15.5. The van der Waals surface area contributed by atoms with Crippen LogP contribution in [0.4, 0.5) is 23.0 Å². The molecule has 12 heteroatoms. The second-order valence-electron chi connectivity index (χ2n) is 8.41. The van der Waals surface area contributed by atoms with Gasteiger partial charge in [0.25, 0.3) is 0 Å². The largest absolute Gasteiger partial charge is 2.00 e. The van der Waals surface area contributed by atoms with Crippen molar-refractivity contribution < 1.29 is 21.1 Å². The van der Waals surface area contributed by atoms with E-state index in [2.05, 4.69) is 0 Å². The maximum Gasteiger partial charge on any atom is 2.00 e. The fraction of sp³-hybridized carbons (Fsp3) is 0.0800. The zero-order chi connectivity index (χ0) is 24.2. The van der Waals surface area contributed by atoms with Crippen molar-refractivity contribution in [3.05, 3.63) is 102 Å². The molecule has 0 saturated heterocycles. The Balaban J connectivity index is 0.00000252. The van der Waals surface area contributed by atoms with E-state index in [-0.39, 0.29) is 21.1 Å². The van der Waals surface area contributed by atoms with Crippen LogP contribution in [-0.2, 0) is 35.2 Å². The topological polar surface area (TPSA) is 107 Å². The molecule has 0 spiro atoms. The zero-order valence-electron chi connectivity index (χ0n) is 19.7. The Morgan fingerprint density at radius 3 is 1.97 bits per heavy atom. The summed E-state index contributed by atoms with van der Waals surface area (Å²) in [5.41, 5.74) is 2.43. The monoisotopic (exact) mass is 668 g/mol. The summed E-state index contributed by atoms with van der Waals surface area (Å²) in [6, 6.07) is 19.7. The Morgan fingerprint density at radius 2 is 1.27 bits per heavy atom. The van der Waals surface area contributed by atoms with Gasteiger partial charge in [0.2, 0.25) is 0 Å². The first-order valence-electron chi connectivity index (χ1n) is 11.3. The van der Waals surface area contributed by atoms with E-state index in [9.17, 15) is 0 Å². The van der Waals surface area contributed by atoms with Gasteiger partial charge in [-0.3, -0.25) is 5.10 Å². The first kappa shape index (κ1) is 22.9. The molecule has 0 radical (unpaired) electrons. The first-order chi connectivity index (χ1) is 17.6. The van der Waals surface area contributed by atoms with Crippen LogP contribution in [0.25, 0.3) is 16.3 Å². The molecule has 11 nitrogen and oxygen atoms in total. The van der Waals surface area contributed by atoms with Crippen LogP contribution in [0.5, 0.6) is 0 Å². The van der Waals surface area contributed by atoms with Gasteiger partial charge in [0.1, 0.15) is 17.5 Å². The van der Waals surface area contributed by atoms with Crippen LogP contribution in [0.15, 0.2) is 94.3 Å². The summed E-state index contributed by atoms with van der Waals surface area (Å²) in [6.07, 6.45) is 5.60. The summed E-state index contributed by atoms with van der Waals surface area (Å²) in [5.74, 6) is 3.53. The summed E-state index contributed by atoms with van der Waals surface area (Å²) in [7, 11) is 3.80. The van der Waals surface area contributed by atoms with Gasteiger partial charge in [-0.15, -0.1) is 0 Å². The van der Waals surface area contributed by atoms with E-state index in [1.165, 1.54) is 0 Å². The predicted molar refractivity (Wildman–Crippen MR) is 140 cm³/mol. The van der Waals surface area contributed by atoms with Crippen molar-refractivity contribution in [3.8, 4) is 0 Å². The average Bonchev–Trinajstić information content (AvgIpc) is 3.66. The third-order valence-electron chi connectivity index (χ3n) is 5.90. The zero-order valence-corrected chi connectivity index (χ0v) is 22.0. The van der Waals surface area contributed by atoms with Crippen LogP contribution in [0.3, 0.4) is 0 Å². The van der Waals surface area contributed by atoms with E-state index >= 15 is 0 Å². The molecule has 3 aliphatic rings. The van der Waals surface area contributed by atoms with Gasteiger partial charge in [0, 0.05) is 43.8 Å². The van der Waals surface area contributed by atoms with Gasteiger partial charge < -0.3 is 39.7 Å². The van der Waals surface area contributed by atoms with Crippen molar-refractivity contribution in [3.63, 3.8) is 0 Å². The van der Waals surface area contributed by atoms with E-state index < -0.39 is 0 Å². The Morgan fingerprint density at radius 1 is 0.676 bits per heavy atom. The number of para-hydroxylation sites is 2. The number of nitrogens with zero attached hydrogens (tertiary/aromatic N) is 11. The number of hydrogen-bond donors (Lipinski definition) is 0. The number of amidine groups is 1. The fourth-order valence-corrected chi connectivity index (χ4v) is 4.21. The summed E-state index contributed by atoms with van der Waals surface area (Å²) in [5, 5.41) is 16.0. The van der Waals surface area contributed by atoms with Crippen LogP contribution in [0.2, 0.25) is 0 Å². The number of fused-ring (bicyclic) bond motifs is 10. The molecule has 0 atom stereocenters. The van der Waals surface area contributed by atoms with E-state index in [0.29, 0.717) is 46.7 Å². The molecule has 4 aromatic rings. The number of aryl methyl sites for hydroxylation is 2. The van der Waals surface area contributed by atoms with Crippen molar-refractivity contribution in [1.82, 2.24) is 19.1 Å². The van der Waals surface area contributed by atoms with E-state index in [1.807, 2.05) is 107 Å². The molecule has 8 bridgehead atoms. The quantitative estimate of drug-likeness (QED) is 0.312. The van der Waals surface area contributed by atoms with Crippen molar-refractivity contribution in [2.24, 2.45) is 29.2 Å². The number of hydrogen-bond acceptors (Lipinski definition) is 7. The van der Waals surface area contributed by atoms with Gasteiger partial charge in [0.15, 0.2) is 5.82 Å². The average molecular weight is 669 g/mol. The Hall–Kier alpha value is -4.50. The molecule has 7 rings (SSSR count). The molecule has 0 N–H and O–H groups in total. The van der Waals surface area contributed by atoms with Gasteiger partial charge in [-0.05, 0) is 24.0 Å². The second kappa shape index (κ2) is 8.86. The van der Waals surface area contributed by atoms with Crippen LogP contribution < -0.4 is 9.91 Å². The number of guanidine groups is 2. The SMILES string of the molecule is Cn1cc2nc1C1=CN(c3ccccc3)C(=Nc3cn(C)c(n3)C3=NN(c4ccccc4)C(=N2)[N-]3)[N-]1.[Pt+2]. The van der Waals surface area contributed by atoms with E-state index in [4.69, 9.17) is 35.7 Å². The number of imidazole rings is 2. The summed E-state index contributed by atoms with van der Waals surface area (Å²) < 4.78 is 3.74. The summed E-state index contributed by atoms with van der Waals surface area (Å²) in [4.78, 5) is 20.9. The smallest absolute Gasteiger partial charge is 0.374 e. The number of aromatic nitrogens is 4. The molecule has 2 aromatic heterocycles. The molecule has 2 aromatic carbocycles. The van der Waals surface area contributed by atoms with E-state index in [1.54, 1.807) is 5.01 Å². The van der Waals surface area contributed by atoms with Gasteiger partial charge in [-0.2, -0.15) is 0 Å². The molecule has 0 unspecified atom stereocenters. The first-order valence-corrected chi connectivity index (χ1v) is 11.3. The molecule has 0 aliphatic carbocycles. The number of hydrazone groups is 1. The molecule has 5 heterocycles. The minimum atomic E-state index is 0. The van der Waals surface area contributed by atoms with Crippen LogP contribution >= 0.6 is 0 Å². The molecule has 3 aliphatic heterocycles. The van der Waals surface area contributed by atoms with Crippen molar-refractivity contribution in [2.75, 3.05) is 9.91 Å². The third-order valence-corrected chi connectivity index (χ3v) is 5.90. The van der Waals surface area contributed by atoms with Gasteiger partial charge in [-0.1, -0.05) is 48.5 Å². The fourth-order valence-electron chi connectivity index (χ4n) is 4.21. The molecule has 0 saturated carbocycles. The molecule has 0 fully saturated rings. The minimum Gasteiger partial charge on any atom is -0.374 e.